The number of amidine groups is 1. The van der Waals surface area contributed by atoms with Crippen LogP contribution in [0.15, 0.2) is 39.5 Å². The van der Waals surface area contributed by atoms with Crippen LogP contribution >= 0.6 is 11.6 Å². The lowest BCUT2D eigenvalue weighted by Gasteiger charge is -2.17. The van der Waals surface area contributed by atoms with Gasteiger partial charge in [-0.25, -0.2) is 13.8 Å². The molecule has 1 aliphatic rings. The topological polar surface area (TPSA) is 49.2 Å². The second-order valence-electron chi connectivity index (χ2n) is 6.00. The van der Waals surface area contributed by atoms with Gasteiger partial charge in [0.25, 0.3) is 6.43 Å². The van der Waals surface area contributed by atoms with Crippen molar-refractivity contribution in [2.75, 3.05) is 33.3 Å². The van der Waals surface area contributed by atoms with E-state index in [2.05, 4.69) is 26.9 Å². The van der Waals surface area contributed by atoms with Gasteiger partial charge < -0.3 is 10.1 Å². The van der Waals surface area contributed by atoms with E-state index in [1.807, 2.05) is 14.0 Å². The molecular weight excluding hydrogens is 362 g/mol. The molecule has 0 amide bonds. The van der Waals surface area contributed by atoms with Crippen molar-refractivity contribution in [3.8, 4) is 5.75 Å². The summed E-state index contributed by atoms with van der Waals surface area (Å²) < 4.78 is 31.7. The first-order valence-corrected chi connectivity index (χ1v) is 8.66. The maximum atomic E-state index is 13.2. The third-order valence-corrected chi connectivity index (χ3v) is 4.34. The Hall–Kier alpha value is -1.99. The van der Waals surface area contributed by atoms with Gasteiger partial charge in [0.15, 0.2) is 5.84 Å². The Bertz CT molecular complexity index is 721. The molecule has 1 aliphatic heterocycles. The molecule has 1 atom stereocenters. The van der Waals surface area contributed by atoms with Crippen LogP contribution in [0.25, 0.3) is 0 Å². The van der Waals surface area contributed by atoms with Crippen LogP contribution in [-0.2, 0) is 0 Å². The monoisotopic (exact) mass is 384 g/mol. The molecule has 2 rings (SSSR count). The van der Waals surface area contributed by atoms with Crippen LogP contribution in [0, 0.1) is 0 Å². The van der Waals surface area contributed by atoms with Crippen LogP contribution in [0.4, 0.5) is 8.78 Å². The number of halogens is 3. The number of alkyl halides is 3. The first kappa shape index (κ1) is 20.3. The van der Waals surface area contributed by atoms with Gasteiger partial charge >= 0.3 is 0 Å². The number of likely N-dealkylation sites (N-methyl/N-ethyl adjacent to an activating group) is 1. The maximum absolute atomic E-state index is 13.2. The predicted octanol–water partition coefficient (Wildman–Crippen LogP) is 3.78. The molecule has 0 aliphatic carbocycles. The Morgan fingerprint density at radius 2 is 2.08 bits per heavy atom. The summed E-state index contributed by atoms with van der Waals surface area (Å²) in [7, 11) is 3.35. The zero-order valence-corrected chi connectivity index (χ0v) is 15.9. The normalized spacial score (nSPS) is 17.0. The SMILES string of the molecule is C=NC(=NC(C)c1cccc(C(F)F)c1OC)C1=C(NCCl)CN(C)C1. The Morgan fingerprint density at radius 3 is 2.65 bits per heavy atom. The summed E-state index contributed by atoms with van der Waals surface area (Å²) in [4.78, 5) is 10.8. The number of aliphatic imine (C=N–C) groups is 2. The van der Waals surface area contributed by atoms with Gasteiger partial charge in [-0.05, 0) is 26.8 Å². The number of ether oxygens (including phenoxy) is 1. The highest BCUT2D eigenvalue weighted by atomic mass is 35.5. The van der Waals surface area contributed by atoms with Crippen molar-refractivity contribution in [1.29, 1.82) is 0 Å². The molecule has 26 heavy (non-hydrogen) atoms. The van der Waals surface area contributed by atoms with Gasteiger partial charge in [0.05, 0.1) is 24.7 Å². The van der Waals surface area contributed by atoms with Crippen molar-refractivity contribution in [2.24, 2.45) is 9.98 Å². The molecule has 1 aromatic carbocycles. The second-order valence-corrected chi connectivity index (χ2v) is 6.26. The van der Waals surface area contributed by atoms with E-state index in [0.717, 1.165) is 11.3 Å². The van der Waals surface area contributed by atoms with Crippen LogP contribution < -0.4 is 10.1 Å². The fourth-order valence-electron chi connectivity index (χ4n) is 3.01. The molecule has 5 nitrogen and oxygen atoms in total. The van der Waals surface area contributed by atoms with Gasteiger partial charge in [0, 0.05) is 29.9 Å². The van der Waals surface area contributed by atoms with E-state index in [4.69, 9.17) is 16.3 Å². The third kappa shape index (κ3) is 4.40. The van der Waals surface area contributed by atoms with Gasteiger partial charge in [-0.15, -0.1) is 11.6 Å². The third-order valence-electron chi connectivity index (χ3n) is 4.20. The highest BCUT2D eigenvalue weighted by molar-refractivity contribution is 6.17. The number of hydrogen-bond acceptors (Lipinski definition) is 4. The number of hydrogen-bond donors (Lipinski definition) is 1. The molecule has 142 valence electrons. The average molecular weight is 385 g/mol. The van der Waals surface area contributed by atoms with Crippen molar-refractivity contribution in [3.63, 3.8) is 0 Å². The number of rotatable bonds is 7. The van der Waals surface area contributed by atoms with E-state index >= 15 is 0 Å². The molecular formula is C18H23ClF2N4O. The fourth-order valence-corrected chi connectivity index (χ4v) is 3.17. The molecule has 0 saturated carbocycles. The molecule has 1 aromatic rings. The van der Waals surface area contributed by atoms with Crippen LogP contribution in [-0.4, -0.2) is 50.7 Å². The molecule has 1 unspecified atom stereocenters. The number of para-hydroxylation sites is 1. The van der Waals surface area contributed by atoms with E-state index in [1.165, 1.54) is 13.2 Å². The van der Waals surface area contributed by atoms with E-state index in [-0.39, 0.29) is 17.3 Å². The van der Waals surface area contributed by atoms with E-state index in [1.54, 1.807) is 12.1 Å². The standard InChI is InChI=1S/C18H23ClF2N4O/c1-11(12-6-5-7-13(17(20)21)16(12)26-4)24-18(22-2)14-8-25(3)9-15(14)23-10-19/h5-7,11,17,23H,2,8-10H2,1,3-4H3. The average Bonchev–Trinajstić information content (AvgIpc) is 2.99. The number of methoxy groups -OCH3 is 1. The van der Waals surface area contributed by atoms with E-state index in [0.29, 0.717) is 24.5 Å². The van der Waals surface area contributed by atoms with Gasteiger partial charge in [0.1, 0.15) is 5.75 Å². The van der Waals surface area contributed by atoms with Crippen molar-refractivity contribution >= 4 is 24.2 Å². The van der Waals surface area contributed by atoms with Crippen molar-refractivity contribution in [3.05, 3.63) is 40.6 Å². The molecule has 0 aromatic heterocycles. The summed E-state index contributed by atoms with van der Waals surface area (Å²) in [5, 5.41) is 3.11. The lowest BCUT2D eigenvalue weighted by Crippen LogP contribution is -2.19. The second kappa shape index (κ2) is 9.09. The van der Waals surface area contributed by atoms with Crippen LogP contribution in [0.1, 0.15) is 30.5 Å². The zero-order chi connectivity index (χ0) is 19.3. The predicted molar refractivity (Wildman–Crippen MR) is 102 cm³/mol. The Balaban J connectivity index is 2.42. The lowest BCUT2D eigenvalue weighted by molar-refractivity contribution is 0.147. The van der Waals surface area contributed by atoms with Gasteiger partial charge in [-0.3, -0.25) is 9.89 Å². The van der Waals surface area contributed by atoms with Crippen molar-refractivity contribution in [1.82, 2.24) is 10.2 Å². The lowest BCUT2D eigenvalue weighted by atomic mass is 10.0. The van der Waals surface area contributed by atoms with Gasteiger partial charge in [0.2, 0.25) is 0 Å². The number of nitrogens with zero attached hydrogens (tertiary/aromatic N) is 3. The first-order valence-electron chi connectivity index (χ1n) is 8.13. The van der Waals surface area contributed by atoms with E-state index < -0.39 is 12.5 Å². The highest BCUT2D eigenvalue weighted by Gasteiger charge is 2.24. The van der Waals surface area contributed by atoms with Crippen molar-refractivity contribution < 1.29 is 13.5 Å². The molecule has 1 heterocycles. The summed E-state index contributed by atoms with van der Waals surface area (Å²) >= 11 is 5.79. The number of nitrogens with one attached hydrogen (secondary N) is 1. The molecule has 0 radical (unpaired) electrons. The van der Waals surface area contributed by atoms with Gasteiger partial charge in [-0.1, -0.05) is 12.1 Å². The molecule has 0 spiro atoms. The first-order chi connectivity index (χ1) is 12.4. The minimum absolute atomic E-state index is 0.149. The zero-order valence-electron chi connectivity index (χ0n) is 15.1. The Labute approximate surface area is 157 Å². The quantitative estimate of drug-likeness (QED) is 0.337. The highest BCUT2D eigenvalue weighted by Crippen LogP contribution is 2.36. The largest absolute Gasteiger partial charge is 0.496 e. The molecule has 0 fully saturated rings. The molecule has 8 heteroatoms. The van der Waals surface area contributed by atoms with Crippen molar-refractivity contribution in [2.45, 2.75) is 19.4 Å². The summed E-state index contributed by atoms with van der Waals surface area (Å²) in [6, 6.07) is 4.51. The minimum atomic E-state index is -2.62. The smallest absolute Gasteiger partial charge is 0.267 e. The minimum Gasteiger partial charge on any atom is -0.496 e. The number of benzene rings is 1. The fraction of sp³-hybridized carbons (Fsp3) is 0.444. The van der Waals surface area contributed by atoms with E-state index in [9.17, 15) is 8.78 Å². The Morgan fingerprint density at radius 1 is 1.38 bits per heavy atom. The van der Waals surface area contributed by atoms with Crippen LogP contribution in [0.3, 0.4) is 0 Å². The summed E-state index contributed by atoms with van der Waals surface area (Å²) in [5.41, 5.74) is 2.27. The molecule has 0 saturated heterocycles. The summed E-state index contributed by atoms with van der Waals surface area (Å²) in [6.45, 7) is 6.78. The summed E-state index contributed by atoms with van der Waals surface area (Å²) in [5.74, 6) is 0.623. The van der Waals surface area contributed by atoms with Crippen LogP contribution in [0.5, 0.6) is 5.75 Å². The van der Waals surface area contributed by atoms with Crippen LogP contribution in [0.2, 0.25) is 0 Å². The van der Waals surface area contributed by atoms with Gasteiger partial charge in [-0.2, -0.15) is 0 Å². The maximum Gasteiger partial charge on any atom is 0.267 e. The molecule has 0 bridgehead atoms. The molecule has 1 N–H and O–H groups in total. The Kier molecular flexibility index (Phi) is 7.11. The summed E-state index contributed by atoms with van der Waals surface area (Å²) in [6.07, 6.45) is -2.62.